The van der Waals surface area contributed by atoms with Crippen molar-refractivity contribution in [3.63, 3.8) is 0 Å². The summed E-state index contributed by atoms with van der Waals surface area (Å²) >= 11 is 0. The summed E-state index contributed by atoms with van der Waals surface area (Å²) in [5.74, 6) is -3.62. The molecule has 1 fully saturated rings. The lowest BCUT2D eigenvalue weighted by Crippen LogP contribution is -2.56. The van der Waals surface area contributed by atoms with Gasteiger partial charge in [0, 0.05) is 18.1 Å². The number of aromatic nitrogens is 1. The molecule has 2 aromatic rings. The van der Waals surface area contributed by atoms with Gasteiger partial charge in [-0.25, -0.2) is 4.79 Å². The molecule has 0 bridgehead atoms. The van der Waals surface area contributed by atoms with Gasteiger partial charge in [0.2, 0.25) is 11.8 Å². The normalized spacial score (nSPS) is 18.2. The van der Waals surface area contributed by atoms with Gasteiger partial charge in [0.15, 0.2) is 0 Å². The molecule has 1 aliphatic heterocycles. The maximum absolute atomic E-state index is 13.8. The number of amides is 4. The van der Waals surface area contributed by atoms with E-state index in [-0.39, 0.29) is 18.7 Å². The van der Waals surface area contributed by atoms with Crippen molar-refractivity contribution in [3.8, 4) is 0 Å². The molecule has 3 rings (SSSR count). The SMILES string of the molecule is COC(=O)N[C@@H]1C[C@@H](C(=O)N[C@H](C=O)CC(=O)O)N(C(=O)C(NC(=O)c2nccc3ccccc23)C(C)C)C1. The van der Waals surface area contributed by atoms with E-state index in [0.717, 1.165) is 5.39 Å². The maximum Gasteiger partial charge on any atom is 0.407 e. The van der Waals surface area contributed by atoms with Crippen LogP contribution in [0.25, 0.3) is 10.8 Å². The second kappa shape index (κ2) is 12.8. The van der Waals surface area contributed by atoms with Gasteiger partial charge in [-0.15, -0.1) is 0 Å². The first-order valence-corrected chi connectivity index (χ1v) is 12.3. The molecule has 39 heavy (non-hydrogen) atoms. The van der Waals surface area contributed by atoms with Gasteiger partial charge in [-0.05, 0) is 23.8 Å². The number of hydrogen-bond donors (Lipinski definition) is 4. The van der Waals surface area contributed by atoms with Crippen molar-refractivity contribution in [2.45, 2.75) is 50.9 Å². The third-order valence-electron chi connectivity index (χ3n) is 6.39. The van der Waals surface area contributed by atoms with Crippen molar-refractivity contribution in [2.24, 2.45) is 5.92 Å². The summed E-state index contributed by atoms with van der Waals surface area (Å²) in [5, 5.41) is 18.0. The van der Waals surface area contributed by atoms with Gasteiger partial charge < -0.3 is 35.5 Å². The molecular weight excluding hydrogens is 510 g/mol. The van der Waals surface area contributed by atoms with Gasteiger partial charge in [0.05, 0.1) is 25.6 Å². The number of nitrogens with one attached hydrogen (secondary N) is 3. The van der Waals surface area contributed by atoms with Crippen molar-refractivity contribution >= 4 is 46.8 Å². The molecule has 2 heterocycles. The van der Waals surface area contributed by atoms with Crippen molar-refractivity contribution in [1.29, 1.82) is 0 Å². The number of carbonyl (C=O) groups excluding carboxylic acids is 5. The Bertz CT molecular complexity index is 1260. The minimum atomic E-state index is -1.31. The van der Waals surface area contributed by atoms with Crippen LogP contribution in [0.1, 0.15) is 37.2 Å². The molecule has 0 radical (unpaired) electrons. The molecule has 13 nitrogen and oxygen atoms in total. The number of aldehydes is 1. The average molecular weight is 542 g/mol. The van der Waals surface area contributed by atoms with Gasteiger partial charge in [-0.2, -0.15) is 0 Å². The summed E-state index contributed by atoms with van der Waals surface area (Å²) in [7, 11) is 1.17. The molecule has 4 N–H and O–H groups in total. The van der Waals surface area contributed by atoms with Crippen LogP contribution >= 0.6 is 0 Å². The van der Waals surface area contributed by atoms with Crippen LogP contribution in [0.3, 0.4) is 0 Å². The number of carboxylic acid groups (broad SMARTS) is 1. The largest absolute Gasteiger partial charge is 0.481 e. The molecule has 4 amide bonds. The van der Waals surface area contributed by atoms with E-state index in [1.165, 1.54) is 18.2 Å². The number of ether oxygens (including phenoxy) is 1. The smallest absolute Gasteiger partial charge is 0.407 e. The molecule has 208 valence electrons. The fraction of sp³-hybridized carbons (Fsp3) is 0.423. The first kappa shape index (κ1) is 29.0. The van der Waals surface area contributed by atoms with Gasteiger partial charge in [-0.1, -0.05) is 38.1 Å². The fourth-order valence-corrected chi connectivity index (χ4v) is 4.46. The van der Waals surface area contributed by atoms with Gasteiger partial charge in [0.25, 0.3) is 5.91 Å². The van der Waals surface area contributed by atoms with Crippen molar-refractivity contribution in [3.05, 3.63) is 42.2 Å². The van der Waals surface area contributed by atoms with Crippen LogP contribution in [0.2, 0.25) is 0 Å². The Balaban J connectivity index is 1.86. The van der Waals surface area contributed by atoms with E-state index in [1.807, 2.05) is 12.1 Å². The average Bonchev–Trinajstić information content (AvgIpc) is 3.33. The number of carbonyl (C=O) groups is 6. The monoisotopic (exact) mass is 541 g/mol. The van der Waals surface area contributed by atoms with E-state index in [0.29, 0.717) is 11.7 Å². The quantitative estimate of drug-likeness (QED) is 0.311. The third-order valence-corrected chi connectivity index (χ3v) is 6.39. The topological polar surface area (TPSA) is 184 Å². The standard InChI is InChI=1S/C26H31N5O8/c1-14(2)21(30-24(36)22-18-7-5-4-6-15(18)8-9-27-22)25(37)31-12-16(29-26(38)39-3)10-19(31)23(35)28-17(13-32)11-20(33)34/h4-9,13-14,16-17,19,21H,10-12H2,1-3H3,(H,28,35)(H,29,38)(H,30,36)(H,33,34)/t16-,17+,19+,21?/m1/s1. The number of likely N-dealkylation sites (tertiary alicyclic amines) is 1. The molecule has 0 aliphatic carbocycles. The zero-order valence-electron chi connectivity index (χ0n) is 21.7. The number of pyridine rings is 1. The number of alkyl carbamates (subject to hydrolysis) is 1. The Morgan fingerprint density at radius 1 is 1.15 bits per heavy atom. The van der Waals surface area contributed by atoms with E-state index in [9.17, 15) is 28.8 Å². The number of methoxy groups -OCH3 is 1. The molecule has 1 aromatic heterocycles. The van der Waals surface area contributed by atoms with Crippen molar-refractivity contribution in [2.75, 3.05) is 13.7 Å². The third kappa shape index (κ3) is 7.06. The van der Waals surface area contributed by atoms with E-state index >= 15 is 0 Å². The minimum absolute atomic E-state index is 0.0189. The Morgan fingerprint density at radius 2 is 1.87 bits per heavy atom. The van der Waals surface area contributed by atoms with Gasteiger partial charge in [-0.3, -0.25) is 24.2 Å². The number of nitrogens with zero attached hydrogens (tertiary/aromatic N) is 2. The second-order valence-corrected chi connectivity index (χ2v) is 9.50. The van der Waals surface area contributed by atoms with Crippen LogP contribution in [0.4, 0.5) is 4.79 Å². The number of fused-ring (bicyclic) bond motifs is 1. The predicted molar refractivity (Wildman–Crippen MR) is 138 cm³/mol. The first-order chi connectivity index (χ1) is 18.5. The molecular formula is C26H31N5O8. The van der Waals surface area contributed by atoms with E-state index in [4.69, 9.17) is 5.11 Å². The maximum atomic E-state index is 13.8. The summed E-state index contributed by atoms with van der Waals surface area (Å²) in [6.07, 6.45) is 0.373. The van der Waals surface area contributed by atoms with Crippen molar-refractivity contribution < 1.29 is 38.6 Å². The van der Waals surface area contributed by atoms with E-state index < -0.39 is 66.3 Å². The second-order valence-electron chi connectivity index (χ2n) is 9.50. The lowest BCUT2D eigenvalue weighted by molar-refractivity contribution is -0.142. The van der Waals surface area contributed by atoms with Gasteiger partial charge >= 0.3 is 12.1 Å². The van der Waals surface area contributed by atoms with Crippen molar-refractivity contribution in [1.82, 2.24) is 25.8 Å². The molecule has 0 spiro atoms. The Morgan fingerprint density at radius 3 is 2.51 bits per heavy atom. The zero-order valence-corrected chi connectivity index (χ0v) is 21.7. The molecule has 1 aromatic carbocycles. The van der Waals surface area contributed by atoms with Crippen LogP contribution < -0.4 is 16.0 Å². The molecule has 1 saturated heterocycles. The number of aliphatic carboxylic acids is 1. The highest BCUT2D eigenvalue weighted by molar-refractivity contribution is 6.06. The molecule has 1 unspecified atom stereocenters. The lowest BCUT2D eigenvalue weighted by atomic mass is 10.0. The summed E-state index contributed by atoms with van der Waals surface area (Å²) in [4.78, 5) is 79.7. The summed E-state index contributed by atoms with van der Waals surface area (Å²) in [5.41, 5.74) is 0.134. The van der Waals surface area contributed by atoms with Crippen LogP contribution in [0.15, 0.2) is 36.5 Å². The van der Waals surface area contributed by atoms with E-state index in [2.05, 4.69) is 25.7 Å². The van der Waals surface area contributed by atoms with Crippen LogP contribution in [-0.2, 0) is 23.9 Å². The fourth-order valence-electron chi connectivity index (χ4n) is 4.46. The van der Waals surface area contributed by atoms with Crippen LogP contribution in [0.5, 0.6) is 0 Å². The molecule has 1 aliphatic rings. The number of rotatable bonds is 10. The Hall–Kier alpha value is -4.55. The Labute approximate surface area is 224 Å². The number of benzene rings is 1. The minimum Gasteiger partial charge on any atom is -0.481 e. The highest BCUT2D eigenvalue weighted by Crippen LogP contribution is 2.23. The summed E-state index contributed by atoms with van der Waals surface area (Å²) in [6.45, 7) is 3.37. The molecule has 13 heteroatoms. The van der Waals surface area contributed by atoms with Crippen LogP contribution in [0, 0.1) is 5.92 Å². The summed E-state index contributed by atoms with van der Waals surface area (Å²) < 4.78 is 4.62. The number of carboxylic acids is 1. The van der Waals surface area contributed by atoms with E-state index in [1.54, 1.807) is 32.0 Å². The highest BCUT2D eigenvalue weighted by atomic mass is 16.5. The zero-order chi connectivity index (χ0) is 28.7. The predicted octanol–water partition coefficient (Wildman–Crippen LogP) is 0.473. The number of hydrogen-bond acceptors (Lipinski definition) is 8. The van der Waals surface area contributed by atoms with Crippen LogP contribution in [-0.4, -0.2) is 88.9 Å². The first-order valence-electron chi connectivity index (χ1n) is 12.3. The summed E-state index contributed by atoms with van der Waals surface area (Å²) in [6, 6.07) is 4.74. The Kier molecular flexibility index (Phi) is 9.52. The molecule has 0 saturated carbocycles. The van der Waals surface area contributed by atoms with Gasteiger partial charge in [0.1, 0.15) is 24.1 Å². The molecule has 4 atom stereocenters. The lowest BCUT2D eigenvalue weighted by Gasteiger charge is -2.30. The highest BCUT2D eigenvalue weighted by Gasteiger charge is 2.44.